The second-order valence-corrected chi connectivity index (χ2v) is 10.8. The van der Waals surface area contributed by atoms with Crippen molar-refractivity contribution in [2.45, 2.75) is 50.0 Å². The SMILES string of the molecule is CS(=O)(=O)Nc1ccccc1Nc1cc2c(cc1O)[C@@]13CCCC[C@H]1[C@@H](C2)NCC3. The van der Waals surface area contributed by atoms with Crippen LogP contribution in [-0.2, 0) is 21.9 Å². The van der Waals surface area contributed by atoms with Gasteiger partial charge < -0.3 is 15.7 Å². The van der Waals surface area contributed by atoms with Gasteiger partial charge in [-0.2, -0.15) is 0 Å². The van der Waals surface area contributed by atoms with E-state index in [1.807, 2.05) is 12.1 Å². The highest BCUT2D eigenvalue weighted by Crippen LogP contribution is 2.55. The molecule has 2 bridgehead atoms. The van der Waals surface area contributed by atoms with E-state index >= 15 is 0 Å². The van der Waals surface area contributed by atoms with Crippen molar-refractivity contribution < 1.29 is 13.5 Å². The van der Waals surface area contributed by atoms with Gasteiger partial charge in [-0.15, -0.1) is 0 Å². The molecule has 0 aromatic heterocycles. The van der Waals surface area contributed by atoms with Crippen LogP contribution in [0.15, 0.2) is 36.4 Å². The fourth-order valence-corrected chi connectivity index (χ4v) is 6.68. The third kappa shape index (κ3) is 3.34. The summed E-state index contributed by atoms with van der Waals surface area (Å²) in [5.41, 5.74) is 4.49. The van der Waals surface area contributed by atoms with Gasteiger partial charge in [-0.3, -0.25) is 4.72 Å². The number of sulfonamides is 1. The zero-order valence-electron chi connectivity index (χ0n) is 17.2. The van der Waals surface area contributed by atoms with Crippen LogP contribution < -0.4 is 15.4 Å². The number of aromatic hydroxyl groups is 1. The minimum Gasteiger partial charge on any atom is -0.506 e. The first-order valence-corrected chi connectivity index (χ1v) is 12.7. The summed E-state index contributed by atoms with van der Waals surface area (Å²) in [5.74, 6) is 0.879. The average molecular weight is 428 g/mol. The Morgan fingerprint density at radius 3 is 2.70 bits per heavy atom. The quantitative estimate of drug-likeness (QED) is 0.557. The molecule has 2 aromatic rings. The van der Waals surface area contributed by atoms with Gasteiger partial charge in [-0.1, -0.05) is 25.0 Å². The van der Waals surface area contributed by atoms with Gasteiger partial charge in [0.1, 0.15) is 5.75 Å². The fraction of sp³-hybridized carbons (Fsp3) is 0.478. The van der Waals surface area contributed by atoms with Gasteiger partial charge in [0.25, 0.3) is 0 Å². The van der Waals surface area contributed by atoms with Gasteiger partial charge in [0.2, 0.25) is 10.0 Å². The third-order valence-corrected chi connectivity index (χ3v) is 7.84. The number of fused-ring (bicyclic) bond motifs is 1. The van der Waals surface area contributed by atoms with Gasteiger partial charge in [0.15, 0.2) is 0 Å². The Balaban J connectivity index is 1.53. The lowest BCUT2D eigenvalue weighted by atomic mass is 9.53. The maximum absolute atomic E-state index is 11.7. The van der Waals surface area contributed by atoms with E-state index in [0.29, 0.717) is 29.0 Å². The topological polar surface area (TPSA) is 90.5 Å². The van der Waals surface area contributed by atoms with Crippen molar-refractivity contribution in [1.29, 1.82) is 0 Å². The predicted molar refractivity (Wildman–Crippen MR) is 120 cm³/mol. The predicted octanol–water partition coefficient (Wildman–Crippen LogP) is 3.85. The number of piperidine rings is 1. The molecule has 0 amide bonds. The third-order valence-electron chi connectivity index (χ3n) is 7.25. The second-order valence-electron chi connectivity index (χ2n) is 9.09. The van der Waals surface area contributed by atoms with Gasteiger partial charge in [0, 0.05) is 11.5 Å². The number of benzene rings is 2. The molecule has 0 unspecified atom stereocenters. The Morgan fingerprint density at radius 1 is 1.10 bits per heavy atom. The number of phenols is 1. The number of nitrogens with one attached hydrogen (secondary N) is 3. The molecule has 1 saturated heterocycles. The Kier molecular flexibility index (Phi) is 4.71. The summed E-state index contributed by atoms with van der Waals surface area (Å²) in [5, 5.41) is 17.9. The molecule has 0 radical (unpaired) electrons. The van der Waals surface area contributed by atoms with E-state index in [-0.39, 0.29) is 11.2 Å². The van der Waals surface area contributed by atoms with Gasteiger partial charge in [0.05, 0.1) is 23.3 Å². The molecule has 160 valence electrons. The smallest absolute Gasteiger partial charge is 0.229 e. The zero-order chi connectivity index (χ0) is 20.9. The molecular weight excluding hydrogens is 398 g/mol. The summed E-state index contributed by atoms with van der Waals surface area (Å²) in [4.78, 5) is 0. The summed E-state index contributed by atoms with van der Waals surface area (Å²) >= 11 is 0. The molecule has 3 atom stereocenters. The Labute approximate surface area is 178 Å². The van der Waals surface area contributed by atoms with Gasteiger partial charge in [-0.25, -0.2) is 8.42 Å². The van der Waals surface area contributed by atoms with Gasteiger partial charge >= 0.3 is 0 Å². The maximum Gasteiger partial charge on any atom is 0.229 e. The van der Waals surface area contributed by atoms with Crippen LogP contribution >= 0.6 is 0 Å². The molecule has 5 rings (SSSR count). The van der Waals surface area contributed by atoms with Crippen LogP contribution in [-0.4, -0.2) is 32.4 Å². The molecule has 1 heterocycles. The normalized spacial score (nSPS) is 27.6. The van der Waals surface area contributed by atoms with Gasteiger partial charge in [-0.05, 0) is 73.5 Å². The van der Waals surface area contributed by atoms with Crippen molar-refractivity contribution in [3.8, 4) is 5.75 Å². The summed E-state index contributed by atoms with van der Waals surface area (Å²) in [7, 11) is -3.40. The molecule has 2 aromatic carbocycles. The van der Waals surface area contributed by atoms with Crippen molar-refractivity contribution in [3.63, 3.8) is 0 Å². The Morgan fingerprint density at radius 2 is 1.90 bits per heavy atom. The first kappa shape index (κ1) is 19.7. The summed E-state index contributed by atoms with van der Waals surface area (Å²) in [6.07, 6.45) is 8.27. The summed E-state index contributed by atoms with van der Waals surface area (Å²) in [6.45, 7) is 1.05. The summed E-state index contributed by atoms with van der Waals surface area (Å²) < 4.78 is 26.0. The van der Waals surface area contributed by atoms with E-state index in [0.717, 1.165) is 25.6 Å². The molecule has 4 N–H and O–H groups in total. The van der Waals surface area contributed by atoms with Crippen molar-refractivity contribution in [1.82, 2.24) is 5.32 Å². The molecule has 1 saturated carbocycles. The van der Waals surface area contributed by atoms with Crippen LogP contribution in [0.3, 0.4) is 0 Å². The van der Waals surface area contributed by atoms with E-state index in [1.165, 1.54) is 36.8 Å². The van der Waals surface area contributed by atoms with Crippen LogP contribution in [0.5, 0.6) is 5.75 Å². The highest BCUT2D eigenvalue weighted by Gasteiger charge is 2.51. The van der Waals surface area contributed by atoms with Crippen LogP contribution in [0.1, 0.15) is 43.2 Å². The zero-order valence-corrected chi connectivity index (χ0v) is 18.1. The molecule has 6 nitrogen and oxygen atoms in total. The highest BCUT2D eigenvalue weighted by atomic mass is 32.2. The molecule has 0 spiro atoms. The number of anilines is 3. The van der Waals surface area contributed by atoms with Crippen LogP contribution in [0.25, 0.3) is 0 Å². The number of hydrogen-bond acceptors (Lipinski definition) is 5. The number of hydrogen-bond donors (Lipinski definition) is 4. The molecular formula is C23H29N3O3S. The Hall–Kier alpha value is -2.25. The molecule has 3 aliphatic rings. The fourth-order valence-electron chi connectivity index (χ4n) is 6.10. The molecule has 2 fully saturated rings. The lowest BCUT2D eigenvalue weighted by Gasteiger charge is -2.56. The second kappa shape index (κ2) is 7.17. The molecule has 7 heteroatoms. The lowest BCUT2D eigenvalue weighted by Crippen LogP contribution is -2.59. The lowest BCUT2D eigenvalue weighted by molar-refractivity contribution is 0.0796. The van der Waals surface area contributed by atoms with E-state index in [9.17, 15) is 13.5 Å². The van der Waals surface area contributed by atoms with E-state index < -0.39 is 10.0 Å². The largest absolute Gasteiger partial charge is 0.506 e. The first-order chi connectivity index (χ1) is 14.4. The van der Waals surface area contributed by atoms with Crippen LogP contribution in [0.2, 0.25) is 0 Å². The summed E-state index contributed by atoms with van der Waals surface area (Å²) in [6, 6.07) is 11.7. The minimum atomic E-state index is -3.40. The van der Waals surface area contributed by atoms with E-state index in [1.54, 1.807) is 18.2 Å². The highest BCUT2D eigenvalue weighted by molar-refractivity contribution is 7.92. The van der Waals surface area contributed by atoms with Crippen molar-refractivity contribution in [3.05, 3.63) is 47.5 Å². The first-order valence-electron chi connectivity index (χ1n) is 10.8. The number of para-hydroxylation sites is 2. The molecule has 1 aliphatic heterocycles. The minimum absolute atomic E-state index is 0.188. The van der Waals surface area contributed by atoms with E-state index in [4.69, 9.17) is 0 Å². The van der Waals surface area contributed by atoms with Crippen molar-refractivity contribution in [2.75, 3.05) is 22.8 Å². The Bertz CT molecular complexity index is 1080. The van der Waals surface area contributed by atoms with Crippen molar-refractivity contribution in [2.24, 2.45) is 5.92 Å². The number of phenolic OH excluding ortho intramolecular Hbond substituents is 1. The molecule has 30 heavy (non-hydrogen) atoms. The van der Waals surface area contributed by atoms with Crippen molar-refractivity contribution >= 4 is 27.1 Å². The van der Waals surface area contributed by atoms with Crippen LogP contribution in [0, 0.1) is 5.92 Å². The van der Waals surface area contributed by atoms with E-state index in [2.05, 4.69) is 21.4 Å². The average Bonchev–Trinajstić information content (AvgIpc) is 2.70. The number of rotatable bonds is 4. The maximum atomic E-state index is 11.7. The standard InChI is InChI=1S/C23H29N3O3S/c1-30(28,29)26-19-8-3-2-7-18(19)25-21-13-15-12-20-16-6-4-5-9-23(16,10-11-24-20)17(15)14-22(21)27/h2-3,7-8,13-14,16,20,24-27H,4-6,9-12H2,1H3/t16-,20+,23+/m0/s1. The van der Waals surface area contributed by atoms with Crippen LogP contribution in [0.4, 0.5) is 17.1 Å². The molecule has 2 aliphatic carbocycles. The monoisotopic (exact) mass is 427 g/mol.